The quantitative estimate of drug-likeness (QED) is 0.606. The third-order valence-corrected chi connectivity index (χ3v) is 1.71. The molecule has 0 radical (unpaired) electrons. The van der Waals surface area contributed by atoms with E-state index < -0.39 is 17.7 Å². The maximum atomic E-state index is 11.0. The van der Waals surface area contributed by atoms with E-state index in [0.717, 1.165) is 6.92 Å². The molecule has 0 bridgehead atoms. The number of aryl methyl sites for hydroxylation is 1. The van der Waals surface area contributed by atoms with Crippen molar-refractivity contribution in [3.63, 3.8) is 0 Å². The summed E-state index contributed by atoms with van der Waals surface area (Å²) in [6, 6.07) is 0. The predicted octanol–water partition coefficient (Wildman–Crippen LogP) is -0.0562. The molecular weight excluding hydrogens is 202 g/mol. The molecule has 0 aromatic carbocycles. The van der Waals surface area contributed by atoms with Crippen molar-refractivity contribution in [1.29, 1.82) is 0 Å². The Hall–Kier alpha value is -2.18. The van der Waals surface area contributed by atoms with Crippen LogP contribution in [0.1, 0.15) is 23.0 Å². The molecule has 7 nitrogen and oxygen atoms in total. The van der Waals surface area contributed by atoms with Crippen LogP contribution in [0.5, 0.6) is 0 Å². The molecule has 0 aliphatic rings. The Labute approximate surface area is 84.5 Å². The number of aromatic amines is 1. The van der Waals surface area contributed by atoms with Crippen LogP contribution in [0.15, 0.2) is 0 Å². The van der Waals surface area contributed by atoms with Gasteiger partial charge in [0.1, 0.15) is 5.56 Å². The van der Waals surface area contributed by atoms with Gasteiger partial charge in [0, 0.05) is 12.6 Å². The van der Waals surface area contributed by atoms with Gasteiger partial charge < -0.3 is 10.4 Å². The molecule has 1 heterocycles. The van der Waals surface area contributed by atoms with Gasteiger partial charge in [0.15, 0.2) is 5.82 Å². The third kappa shape index (κ3) is 2.19. The van der Waals surface area contributed by atoms with Gasteiger partial charge in [-0.15, -0.1) is 0 Å². The predicted molar refractivity (Wildman–Crippen MR) is 49.6 cm³/mol. The zero-order chi connectivity index (χ0) is 11.6. The van der Waals surface area contributed by atoms with E-state index in [1.807, 2.05) is 0 Å². The summed E-state index contributed by atoms with van der Waals surface area (Å²) >= 11 is 0. The Balaban J connectivity index is 3.01. The van der Waals surface area contributed by atoms with Crippen LogP contribution in [0, 0.1) is 6.92 Å². The topological polar surface area (TPSA) is 112 Å². The summed E-state index contributed by atoms with van der Waals surface area (Å²) in [7, 11) is 0. The number of anilines is 1. The van der Waals surface area contributed by atoms with Gasteiger partial charge in [-0.2, -0.15) is 5.10 Å². The highest BCUT2D eigenvalue weighted by Gasteiger charge is 2.20. The zero-order valence-corrected chi connectivity index (χ0v) is 8.12. The molecule has 3 N–H and O–H groups in total. The monoisotopic (exact) mass is 211 g/mol. The molecule has 7 heteroatoms. The normalized spacial score (nSPS) is 9.73. The van der Waals surface area contributed by atoms with Crippen LogP contribution in [0.25, 0.3) is 0 Å². The molecule has 1 rings (SSSR count). The molecule has 0 aliphatic carbocycles. The lowest BCUT2D eigenvalue weighted by molar-refractivity contribution is -0.133. The Morgan fingerprint density at radius 1 is 1.40 bits per heavy atom. The van der Waals surface area contributed by atoms with E-state index in [1.54, 1.807) is 0 Å². The summed E-state index contributed by atoms with van der Waals surface area (Å²) in [5, 5.41) is 16.9. The van der Waals surface area contributed by atoms with Gasteiger partial charge >= 0.3 is 5.97 Å². The fourth-order valence-electron chi connectivity index (χ4n) is 0.977. The van der Waals surface area contributed by atoms with Crippen molar-refractivity contribution in [3.8, 4) is 0 Å². The number of carboxylic acids is 1. The second-order valence-electron chi connectivity index (χ2n) is 2.89. The number of H-pyrrole nitrogens is 1. The van der Waals surface area contributed by atoms with Crippen LogP contribution >= 0.6 is 0 Å². The number of aromatic carboxylic acids is 1. The molecule has 0 atom stereocenters. The van der Waals surface area contributed by atoms with Crippen LogP contribution in [-0.2, 0) is 9.59 Å². The molecule has 0 aliphatic heterocycles. The van der Waals surface area contributed by atoms with E-state index in [4.69, 9.17) is 5.11 Å². The number of carbonyl (C=O) groups is 3. The highest BCUT2D eigenvalue weighted by molar-refractivity contribution is 6.39. The van der Waals surface area contributed by atoms with Crippen LogP contribution in [-0.4, -0.2) is 33.0 Å². The van der Waals surface area contributed by atoms with E-state index in [9.17, 15) is 14.4 Å². The maximum absolute atomic E-state index is 11.0. The van der Waals surface area contributed by atoms with Crippen LogP contribution in [0.2, 0.25) is 0 Å². The molecule has 0 saturated carbocycles. The molecule has 1 amide bonds. The number of Topliss-reactive ketones (excluding diaryl/α,β-unsaturated/α-hetero) is 1. The maximum Gasteiger partial charge on any atom is 0.341 e. The van der Waals surface area contributed by atoms with Crippen molar-refractivity contribution in [2.24, 2.45) is 0 Å². The van der Waals surface area contributed by atoms with Crippen LogP contribution in [0.3, 0.4) is 0 Å². The molecule has 1 aromatic rings. The fraction of sp³-hybridized carbons (Fsp3) is 0.250. The number of carboxylic acid groups (broad SMARTS) is 1. The molecule has 0 saturated heterocycles. The van der Waals surface area contributed by atoms with Crippen molar-refractivity contribution in [2.75, 3.05) is 5.32 Å². The Morgan fingerprint density at radius 3 is 2.47 bits per heavy atom. The molecule has 80 valence electrons. The summed E-state index contributed by atoms with van der Waals surface area (Å²) in [4.78, 5) is 32.4. The second kappa shape index (κ2) is 3.91. The summed E-state index contributed by atoms with van der Waals surface area (Å²) in [5.41, 5.74) is 0.158. The number of ketones is 1. The summed E-state index contributed by atoms with van der Waals surface area (Å²) in [6.45, 7) is 2.58. The minimum Gasteiger partial charge on any atom is -0.477 e. The molecule has 1 aromatic heterocycles. The van der Waals surface area contributed by atoms with E-state index >= 15 is 0 Å². The average molecular weight is 211 g/mol. The number of aromatic nitrogens is 2. The summed E-state index contributed by atoms with van der Waals surface area (Å²) in [6.07, 6.45) is 0. The van der Waals surface area contributed by atoms with E-state index in [0.29, 0.717) is 5.69 Å². The van der Waals surface area contributed by atoms with Gasteiger partial charge in [0.2, 0.25) is 5.78 Å². The van der Waals surface area contributed by atoms with Crippen molar-refractivity contribution in [1.82, 2.24) is 10.2 Å². The molecular formula is C8H9N3O4. The first kappa shape index (κ1) is 10.9. The molecule has 0 fully saturated rings. The first-order valence-electron chi connectivity index (χ1n) is 4.03. The average Bonchev–Trinajstić information content (AvgIpc) is 2.46. The smallest absolute Gasteiger partial charge is 0.341 e. The van der Waals surface area contributed by atoms with Crippen molar-refractivity contribution < 1.29 is 19.5 Å². The second-order valence-corrected chi connectivity index (χ2v) is 2.89. The Morgan fingerprint density at radius 2 is 2.00 bits per heavy atom. The zero-order valence-electron chi connectivity index (χ0n) is 8.12. The van der Waals surface area contributed by atoms with Crippen LogP contribution < -0.4 is 5.32 Å². The number of carbonyl (C=O) groups excluding carboxylic acids is 2. The van der Waals surface area contributed by atoms with Crippen LogP contribution in [0.4, 0.5) is 5.82 Å². The highest BCUT2D eigenvalue weighted by atomic mass is 16.4. The van der Waals surface area contributed by atoms with Crippen molar-refractivity contribution >= 4 is 23.5 Å². The van der Waals surface area contributed by atoms with E-state index in [-0.39, 0.29) is 11.4 Å². The minimum atomic E-state index is -1.22. The summed E-state index contributed by atoms with van der Waals surface area (Å²) < 4.78 is 0. The first-order chi connectivity index (χ1) is 6.93. The number of nitrogens with one attached hydrogen (secondary N) is 2. The van der Waals surface area contributed by atoms with Crippen molar-refractivity contribution in [2.45, 2.75) is 13.8 Å². The Kier molecular flexibility index (Phi) is 2.84. The number of rotatable bonds is 3. The van der Waals surface area contributed by atoms with Gasteiger partial charge in [0.25, 0.3) is 5.91 Å². The lowest BCUT2D eigenvalue weighted by Gasteiger charge is -1.99. The van der Waals surface area contributed by atoms with Gasteiger partial charge in [-0.05, 0) is 6.92 Å². The number of hydrogen-bond donors (Lipinski definition) is 3. The Bertz CT molecular complexity index is 435. The van der Waals surface area contributed by atoms with E-state index in [1.165, 1.54) is 6.92 Å². The van der Waals surface area contributed by atoms with Crippen molar-refractivity contribution in [3.05, 3.63) is 11.3 Å². The number of hydrogen-bond acceptors (Lipinski definition) is 4. The third-order valence-electron chi connectivity index (χ3n) is 1.71. The van der Waals surface area contributed by atoms with Gasteiger partial charge in [0.05, 0.1) is 0 Å². The number of amides is 1. The van der Waals surface area contributed by atoms with E-state index in [2.05, 4.69) is 15.5 Å². The van der Waals surface area contributed by atoms with Gasteiger partial charge in [-0.3, -0.25) is 14.7 Å². The summed E-state index contributed by atoms with van der Waals surface area (Å²) in [5.74, 6) is -2.99. The lowest BCUT2D eigenvalue weighted by atomic mass is 10.2. The fourth-order valence-corrected chi connectivity index (χ4v) is 0.977. The standard InChI is InChI=1S/C8H9N3O4/c1-3-5(8(14)15)6(11-10-3)9-7(13)4(2)12/h1-2H3,(H,14,15)(H2,9,10,11,13). The highest BCUT2D eigenvalue weighted by Crippen LogP contribution is 2.15. The first-order valence-corrected chi connectivity index (χ1v) is 4.03. The largest absolute Gasteiger partial charge is 0.477 e. The SMILES string of the molecule is CC(=O)C(=O)Nc1n[nH]c(C)c1C(=O)O. The van der Waals surface area contributed by atoms with Gasteiger partial charge in [-0.1, -0.05) is 0 Å². The molecule has 15 heavy (non-hydrogen) atoms. The molecule has 0 unspecified atom stereocenters. The minimum absolute atomic E-state index is 0.149. The van der Waals surface area contributed by atoms with Gasteiger partial charge in [-0.25, -0.2) is 4.79 Å². The number of nitrogens with zero attached hydrogens (tertiary/aromatic N) is 1. The lowest BCUT2D eigenvalue weighted by Crippen LogP contribution is -2.21. The molecule has 0 spiro atoms.